The molecule has 8 nitrogen and oxygen atoms in total. The van der Waals surface area contributed by atoms with Crippen molar-refractivity contribution in [3.05, 3.63) is 32.6 Å². The molecule has 2 N–H and O–H groups in total. The molecule has 1 unspecified atom stereocenters. The van der Waals surface area contributed by atoms with Crippen molar-refractivity contribution in [3.8, 4) is 0 Å². The van der Waals surface area contributed by atoms with E-state index >= 15 is 0 Å². The lowest BCUT2D eigenvalue weighted by Gasteiger charge is -2.11. The van der Waals surface area contributed by atoms with Crippen LogP contribution in [0.1, 0.15) is 23.2 Å². The number of rotatable bonds is 6. The van der Waals surface area contributed by atoms with Crippen molar-refractivity contribution in [1.29, 1.82) is 0 Å². The maximum Gasteiger partial charge on any atom is 0.328 e. The van der Waals surface area contributed by atoms with E-state index in [0.717, 1.165) is 23.6 Å². The Bertz CT molecular complexity index is 601. The maximum absolute atomic E-state index is 12.2. The Morgan fingerprint density at radius 1 is 1.57 bits per heavy atom. The number of hydrogen-bond donors (Lipinski definition) is 2. The van der Waals surface area contributed by atoms with Gasteiger partial charge >= 0.3 is 5.69 Å². The molecule has 2 rings (SSSR count). The van der Waals surface area contributed by atoms with Gasteiger partial charge in [0.25, 0.3) is 11.5 Å². The number of aromatic amines is 1. The predicted molar refractivity (Wildman–Crippen MR) is 74.5 cm³/mol. The Labute approximate surface area is 121 Å². The Kier molecular flexibility index (Phi) is 5.29. The van der Waals surface area contributed by atoms with Crippen LogP contribution in [0.15, 0.2) is 15.8 Å². The number of carbonyl (C=O) groups is 1. The van der Waals surface area contributed by atoms with Crippen LogP contribution in [0, 0.1) is 0 Å². The molecule has 0 bridgehead atoms. The molecular weight excluding hydrogens is 278 g/mol. The summed E-state index contributed by atoms with van der Waals surface area (Å²) in [6.45, 7) is 1.43. The second kappa shape index (κ2) is 7.19. The topological polar surface area (TPSA) is 102 Å². The second-order valence-electron chi connectivity index (χ2n) is 4.81. The number of methoxy groups -OCH3 is 1. The smallest absolute Gasteiger partial charge is 0.328 e. The van der Waals surface area contributed by atoms with Crippen molar-refractivity contribution in [2.75, 3.05) is 26.9 Å². The number of amides is 1. The largest absolute Gasteiger partial charge is 0.383 e. The van der Waals surface area contributed by atoms with Gasteiger partial charge < -0.3 is 19.8 Å². The molecule has 1 saturated heterocycles. The van der Waals surface area contributed by atoms with Crippen molar-refractivity contribution < 1.29 is 14.3 Å². The summed E-state index contributed by atoms with van der Waals surface area (Å²) in [5.74, 6) is -0.533. The molecule has 1 amide bonds. The minimum absolute atomic E-state index is 0.0938. The number of ether oxygens (including phenoxy) is 2. The van der Waals surface area contributed by atoms with Crippen LogP contribution in [-0.2, 0) is 16.0 Å². The number of nitrogens with one attached hydrogen (secondary N) is 2. The number of H-pyrrole nitrogens is 1. The van der Waals surface area contributed by atoms with Gasteiger partial charge in [-0.1, -0.05) is 0 Å². The van der Waals surface area contributed by atoms with Crippen molar-refractivity contribution in [2.45, 2.75) is 25.5 Å². The summed E-state index contributed by atoms with van der Waals surface area (Å²) in [7, 11) is 1.51. The molecule has 0 saturated carbocycles. The van der Waals surface area contributed by atoms with Crippen LogP contribution in [0.2, 0.25) is 0 Å². The van der Waals surface area contributed by atoms with E-state index < -0.39 is 17.2 Å². The van der Waals surface area contributed by atoms with Crippen molar-refractivity contribution in [1.82, 2.24) is 14.9 Å². The fraction of sp³-hybridized carbons (Fsp3) is 0.615. The summed E-state index contributed by atoms with van der Waals surface area (Å²) >= 11 is 0. The first-order valence-electron chi connectivity index (χ1n) is 6.84. The summed E-state index contributed by atoms with van der Waals surface area (Å²) < 4.78 is 11.2. The first-order chi connectivity index (χ1) is 10.1. The highest BCUT2D eigenvalue weighted by Gasteiger charge is 2.20. The first kappa shape index (κ1) is 15.5. The van der Waals surface area contributed by atoms with Gasteiger partial charge in [-0.15, -0.1) is 0 Å². The van der Waals surface area contributed by atoms with Crippen LogP contribution in [0.3, 0.4) is 0 Å². The third-order valence-electron chi connectivity index (χ3n) is 3.31. The van der Waals surface area contributed by atoms with E-state index in [1.54, 1.807) is 0 Å². The molecule has 0 aromatic carbocycles. The van der Waals surface area contributed by atoms with Gasteiger partial charge in [-0.25, -0.2) is 4.79 Å². The van der Waals surface area contributed by atoms with Crippen LogP contribution in [0.5, 0.6) is 0 Å². The summed E-state index contributed by atoms with van der Waals surface area (Å²) in [5.41, 5.74) is -1.24. The zero-order chi connectivity index (χ0) is 15.2. The molecule has 2 heterocycles. The highest BCUT2D eigenvalue weighted by Crippen LogP contribution is 2.12. The van der Waals surface area contributed by atoms with Gasteiger partial charge in [0.15, 0.2) is 0 Å². The Morgan fingerprint density at radius 2 is 2.38 bits per heavy atom. The van der Waals surface area contributed by atoms with E-state index in [1.807, 2.05) is 0 Å². The Morgan fingerprint density at radius 3 is 3.05 bits per heavy atom. The van der Waals surface area contributed by atoms with E-state index in [9.17, 15) is 14.4 Å². The van der Waals surface area contributed by atoms with Crippen molar-refractivity contribution in [2.24, 2.45) is 0 Å². The van der Waals surface area contributed by atoms with E-state index in [1.165, 1.54) is 7.11 Å². The number of hydrogen-bond acceptors (Lipinski definition) is 5. The molecule has 1 aliphatic rings. The second-order valence-corrected chi connectivity index (χ2v) is 4.81. The summed E-state index contributed by atoms with van der Waals surface area (Å²) in [4.78, 5) is 38.3. The molecule has 1 aromatic heterocycles. The number of nitrogens with zero attached hydrogens (tertiary/aromatic N) is 1. The summed E-state index contributed by atoms with van der Waals surface area (Å²) in [6, 6.07) is 0. The quantitative estimate of drug-likeness (QED) is 0.662. The van der Waals surface area contributed by atoms with Gasteiger partial charge in [-0.3, -0.25) is 14.2 Å². The molecule has 1 aromatic rings. The van der Waals surface area contributed by atoms with E-state index in [2.05, 4.69) is 10.3 Å². The molecule has 8 heteroatoms. The average molecular weight is 297 g/mol. The summed E-state index contributed by atoms with van der Waals surface area (Å²) in [5, 5.41) is 2.55. The van der Waals surface area contributed by atoms with Gasteiger partial charge in [-0.2, -0.15) is 0 Å². The lowest BCUT2D eigenvalue weighted by molar-refractivity contribution is 0.0914. The lowest BCUT2D eigenvalue weighted by atomic mass is 10.2. The van der Waals surface area contributed by atoms with Crippen molar-refractivity contribution in [3.63, 3.8) is 0 Å². The molecule has 1 atom stereocenters. The van der Waals surface area contributed by atoms with Gasteiger partial charge in [0.1, 0.15) is 5.56 Å². The molecule has 1 aliphatic heterocycles. The highest BCUT2D eigenvalue weighted by atomic mass is 16.5. The Hall–Kier alpha value is -1.93. The van der Waals surface area contributed by atoms with E-state index in [0.29, 0.717) is 19.8 Å². The maximum atomic E-state index is 12.2. The summed E-state index contributed by atoms with van der Waals surface area (Å²) in [6.07, 6.45) is 2.69. The molecule has 116 valence electrons. The third kappa shape index (κ3) is 3.79. The minimum atomic E-state index is -0.607. The molecular formula is C13H19N3O5. The fourth-order valence-corrected chi connectivity index (χ4v) is 2.19. The molecule has 21 heavy (non-hydrogen) atoms. The molecule has 0 radical (unpaired) electrons. The predicted octanol–water partition coefficient (Wildman–Crippen LogP) is -0.908. The molecule has 0 aliphatic carbocycles. The first-order valence-corrected chi connectivity index (χ1v) is 6.84. The third-order valence-corrected chi connectivity index (χ3v) is 3.31. The van der Waals surface area contributed by atoms with E-state index in [-0.39, 0.29) is 18.2 Å². The van der Waals surface area contributed by atoms with Gasteiger partial charge in [0, 0.05) is 26.5 Å². The molecule has 1 fully saturated rings. The number of aromatic nitrogens is 2. The van der Waals surface area contributed by atoms with Crippen LogP contribution in [-0.4, -0.2) is 48.4 Å². The van der Waals surface area contributed by atoms with Crippen molar-refractivity contribution >= 4 is 5.91 Å². The zero-order valence-corrected chi connectivity index (χ0v) is 11.9. The van der Waals surface area contributed by atoms with Crippen LogP contribution >= 0.6 is 0 Å². The van der Waals surface area contributed by atoms with E-state index in [4.69, 9.17) is 9.47 Å². The van der Waals surface area contributed by atoms with Gasteiger partial charge in [0.05, 0.1) is 19.3 Å². The van der Waals surface area contributed by atoms with Gasteiger partial charge in [-0.05, 0) is 12.8 Å². The average Bonchev–Trinajstić information content (AvgIpc) is 2.96. The Balaban J connectivity index is 2.17. The monoisotopic (exact) mass is 297 g/mol. The standard InChI is InChI=1S/C13H19N3O5/c1-20-6-4-14-11(17)10-7-15-13(19)16(12(10)18)8-9-3-2-5-21-9/h7,9H,2-6,8H2,1H3,(H,14,17)(H,15,19). The minimum Gasteiger partial charge on any atom is -0.383 e. The number of carbonyl (C=O) groups excluding carboxylic acids is 1. The van der Waals surface area contributed by atoms with Crippen LogP contribution in [0.4, 0.5) is 0 Å². The normalized spacial score (nSPS) is 17.9. The zero-order valence-electron chi connectivity index (χ0n) is 11.9. The molecule has 0 spiro atoms. The fourth-order valence-electron chi connectivity index (χ4n) is 2.19. The lowest BCUT2D eigenvalue weighted by Crippen LogP contribution is -2.43. The van der Waals surface area contributed by atoms with Crippen LogP contribution < -0.4 is 16.6 Å². The SMILES string of the molecule is COCCNC(=O)c1c[nH]c(=O)n(CC2CCCO2)c1=O. The van der Waals surface area contributed by atoms with Crippen LogP contribution in [0.25, 0.3) is 0 Å². The highest BCUT2D eigenvalue weighted by molar-refractivity contribution is 5.93. The van der Waals surface area contributed by atoms with Gasteiger partial charge in [0.2, 0.25) is 0 Å².